The van der Waals surface area contributed by atoms with Crippen LogP contribution in [-0.4, -0.2) is 29.7 Å². The van der Waals surface area contributed by atoms with Crippen molar-refractivity contribution in [2.75, 3.05) is 4.72 Å². The number of imidazole rings is 1. The first-order valence-electron chi connectivity index (χ1n) is 10.9. The van der Waals surface area contributed by atoms with E-state index in [0.717, 1.165) is 11.3 Å². The number of sulfonamides is 1. The Morgan fingerprint density at radius 1 is 0.886 bits per heavy atom. The molecule has 1 amide bonds. The van der Waals surface area contributed by atoms with E-state index in [9.17, 15) is 18.0 Å². The fourth-order valence-corrected chi connectivity index (χ4v) is 4.54. The number of rotatable bonds is 8. The number of carbonyl (C=O) groups excluding carboxylic acids is 2. The van der Waals surface area contributed by atoms with Gasteiger partial charge in [-0.25, -0.2) is 13.4 Å². The lowest BCUT2D eigenvalue weighted by Gasteiger charge is -2.15. The summed E-state index contributed by atoms with van der Waals surface area (Å²) in [5.74, 6) is -0.415. The summed E-state index contributed by atoms with van der Waals surface area (Å²) < 4.78 is 29.6. The minimum absolute atomic E-state index is 0.0391. The molecule has 1 aromatic heterocycles. The largest absolute Gasteiger partial charge is 0.346 e. The number of ketones is 1. The van der Waals surface area contributed by atoms with Crippen molar-refractivity contribution in [3.05, 3.63) is 108 Å². The third-order valence-corrected chi connectivity index (χ3v) is 6.91. The highest BCUT2D eigenvalue weighted by Crippen LogP contribution is 2.19. The third-order valence-electron chi connectivity index (χ3n) is 5.51. The minimum atomic E-state index is -3.83. The van der Waals surface area contributed by atoms with Crippen LogP contribution in [0.25, 0.3) is 5.69 Å². The molecule has 4 aromatic rings. The topological polar surface area (TPSA) is 110 Å². The maximum absolute atomic E-state index is 12.7. The summed E-state index contributed by atoms with van der Waals surface area (Å²) in [6.07, 6.45) is 5.28. The Balaban J connectivity index is 1.39. The molecule has 1 heterocycles. The van der Waals surface area contributed by atoms with Gasteiger partial charge in [-0.05, 0) is 67.9 Å². The van der Waals surface area contributed by atoms with Crippen molar-refractivity contribution in [3.8, 4) is 5.69 Å². The van der Waals surface area contributed by atoms with Crippen molar-refractivity contribution in [1.82, 2.24) is 14.9 Å². The second kappa shape index (κ2) is 9.94. The van der Waals surface area contributed by atoms with Gasteiger partial charge in [0.2, 0.25) is 0 Å². The highest BCUT2D eigenvalue weighted by molar-refractivity contribution is 7.92. The van der Waals surface area contributed by atoms with E-state index in [4.69, 9.17) is 0 Å². The molecule has 0 fully saturated rings. The first-order chi connectivity index (χ1) is 16.7. The lowest BCUT2D eigenvalue weighted by atomic mass is 10.1. The smallest absolute Gasteiger partial charge is 0.261 e. The Morgan fingerprint density at radius 2 is 1.51 bits per heavy atom. The average Bonchev–Trinajstić information content (AvgIpc) is 3.39. The normalized spacial score (nSPS) is 12.1. The summed E-state index contributed by atoms with van der Waals surface area (Å²) in [5, 5.41) is 2.95. The van der Waals surface area contributed by atoms with Crippen LogP contribution in [-0.2, 0) is 10.0 Å². The molecule has 0 aliphatic heterocycles. The molecular weight excluding hydrogens is 464 g/mol. The highest BCUT2D eigenvalue weighted by atomic mass is 32.2. The summed E-state index contributed by atoms with van der Waals surface area (Å²) in [6, 6.07) is 19.4. The van der Waals surface area contributed by atoms with Crippen LogP contribution < -0.4 is 10.0 Å². The van der Waals surface area contributed by atoms with Gasteiger partial charge in [0.1, 0.15) is 0 Å². The van der Waals surface area contributed by atoms with Gasteiger partial charge < -0.3 is 9.88 Å². The number of nitrogens with zero attached hydrogens (tertiary/aromatic N) is 2. The van der Waals surface area contributed by atoms with Gasteiger partial charge in [-0.15, -0.1) is 0 Å². The minimum Gasteiger partial charge on any atom is -0.346 e. The molecule has 0 radical (unpaired) electrons. The molecule has 4 rings (SSSR count). The molecule has 3 aromatic carbocycles. The van der Waals surface area contributed by atoms with Gasteiger partial charge in [-0.2, -0.15) is 0 Å². The monoisotopic (exact) mass is 488 g/mol. The van der Waals surface area contributed by atoms with Crippen LogP contribution in [0, 0.1) is 0 Å². The zero-order chi connectivity index (χ0) is 25.0. The molecule has 2 N–H and O–H groups in total. The Kier molecular flexibility index (Phi) is 6.79. The lowest BCUT2D eigenvalue weighted by molar-refractivity contribution is 0.0939. The molecule has 0 spiro atoms. The predicted molar refractivity (Wildman–Crippen MR) is 133 cm³/mol. The van der Waals surface area contributed by atoms with Crippen molar-refractivity contribution >= 4 is 27.4 Å². The fourth-order valence-electron chi connectivity index (χ4n) is 3.48. The van der Waals surface area contributed by atoms with Gasteiger partial charge >= 0.3 is 0 Å². The Labute approximate surface area is 203 Å². The predicted octanol–water partition coefficient (Wildman–Crippen LogP) is 4.37. The molecular formula is C26H24N4O4S. The number of carbonyl (C=O) groups is 2. The van der Waals surface area contributed by atoms with Crippen LogP contribution in [0.5, 0.6) is 0 Å². The van der Waals surface area contributed by atoms with E-state index in [1.165, 1.54) is 43.3 Å². The van der Waals surface area contributed by atoms with Crippen molar-refractivity contribution in [1.29, 1.82) is 0 Å². The van der Waals surface area contributed by atoms with E-state index in [2.05, 4.69) is 15.0 Å². The number of anilines is 1. The van der Waals surface area contributed by atoms with E-state index in [-0.39, 0.29) is 22.6 Å². The molecule has 8 nitrogen and oxygen atoms in total. The second-order valence-electron chi connectivity index (χ2n) is 8.02. The summed E-state index contributed by atoms with van der Waals surface area (Å²) in [6.45, 7) is 3.31. The number of nitrogens with one attached hydrogen (secondary N) is 2. The molecule has 1 atom stereocenters. The first-order valence-corrected chi connectivity index (χ1v) is 12.3. The Hall–Kier alpha value is -4.24. The Morgan fingerprint density at radius 3 is 2.09 bits per heavy atom. The van der Waals surface area contributed by atoms with Gasteiger partial charge in [0, 0.05) is 34.9 Å². The molecule has 0 saturated carbocycles. The number of amides is 1. The van der Waals surface area contributed by atoms with Crippen LogP contribution in [0.15, 0.2) is 96.4 Å². The standard InChI is InChI=1S/C26H24N4O4S/c1-18(20-5-11-24(12-6-20)30-16-15-27-17-30)28-26(32)22-3-9-23(10-4-22)29-35(33,34)25-13-7-21(8-14-25)19(2)31/h3-18,29H,1-2H3,(H,28,32)/t18-/m0/s1. The molecule has 0 saturated heterocycles. The summed E-state index contributed by atoms with van der Waals surface area (Å²) in [4.78, 5) is 28.2. The van der Waals surface area contributed by atoms with E-state index in [1.54, 1.807) is 24.7 Å². The third kappa shape index (κ3) is 5.64. The number of Topliss-reactive ketones (excluding diaryl/α,β-unsaturated/α-hetero) is 1. The van der Waals surface area contributed by atoms with Crippen LogP contribution in [0.4, 0.5) is 5.69 Å². The summed E-state index contributed by atoms with van der Waals surface area (Å²) in [7, 11) is -3.83. The molecule has 0 aliphatic carbocycles. The fraction of sp³-hybridized carbons (Fsp3) is 0.115. The van der Waals surface area contributed by atoms with Crippen LogP contribution in [0.3, 0.4) is 0 Å². The zero-order valence-electron chi connectivity index (χ0n) is 19.2. The van der Waals surface area contributed by atoms with Crippen molar-refractivity contribution in [2.24, 2.45) is 0 Å². The van der Waals surface area contributed by atoms with Gasteiger partial charge in [-0.3, -0.25) is 14.3 Å². The quantitative estimate of drug-likeness (QED) is 0.358. The van der Waals surface area contributed by atoms with Crippen molar-refractivity contribution in [2.45, 2.75) is 24.8 Å². The number of benzene rings is 3. The number of aromatic nitrogens is 2. The van der Waals surface area contributed by atoms with Crippen LogP contribution >= 0.6 is 0 Å². The van der Waals surface area contributed by atoms with Crippen LogP contribution in [0.1, 0.15) is 46.2 Å². The van der Waals surface area contributed by atoms with Gasteiger partial charge in [0.25, 0.3) is 15.9 Å². The number of hydrogen-bond donors (Lipinski definition) is 2. The van der Waals surface area contributed by atoms with Crippen LogP contribution in [0.2, 0.25) is 0 Å². The molecule has 178 valence electrons. The maximum atomic E-state index is 12.7. The molecule has 9 heteroatoms. The SMILES string of the molecule is CC(=O)c1ccc(S(=O)(=O)Nc2ccc(C(=O)N[C@@H](C)c3ccc(-n4ccnc4)cc3)cc2)cc1. The second-order valence-corrected chi connectivity index (χ2v) is 9.70. The Bertz CT molecular complexity index is 1430. The van der Waals surface area contributed by atoms with Gasteiger partial charge in [0.05, 0.1) is 17.3 Å². The molecule has 0 bridgehead atoms. The first kappa shape index (κ1) is 23.9. The zero-order valence-corrected chi connectivity index (χ0v) is 20.0. The van der Waals surface area contributed by atoms with Crippen molar-refractivity contribution < 1.29 is 18.0 Å². The van der Waals surface area contributed by atoms with Crippen molar-refractivity contribution in [3.63, 3.8) is 0 Å². The number of hydrogen-bond acceptors (Lipinski definition) is 5. The molecule has 0 aliphatic rings. The maximum Gasteiger partial charge on any atom is 0.261 e. The van der Waals surface area contributed by atoms with E-state index in [0.29, 0.717) is 16.8 Å². The molecule has 0 unspecified atom stereocenters. The summed E-state index contributed by atoms with van der Waals surface area (Å²) >= 11 is 0. The lowest BCUT2D eigenvalue weighted by Crippen LogP contribution is -2.26. The average molecular weight is 489 g/mol. The van der Waals surface area contributed by atoms with E-state index < -0.39 is 10.0 Å². The highest BCUT2D eigenvalue weighted by Gasteiger charge is 2.16. The summed E-state index contributed by atoms with van der Waals surface area (Å²) in [5.41, 5.74) is 3.07. The van der Waals surface area contributed by atoms with Gasteiger partial charge in [0.15, 0.2) is 5.78 Å². The van der Waals surface area contributed by atoms with Gasteiger partial charge in [-0.1, -0.05) is 24.3 Å². The van der Waals surface area contributed by atoms with E-state index in [1.807, 2.05) is 42.0 Å². The molecule has 35 heavy (non-hydrogen) atoms. The van der Waals surface area contributed by atoms with E-state index >= 15 is 0 Å².